The summed E-state index contributed by atoms with van der Waals surface area (Å²) in [6.07, 6.45) is 11.3. The van der Waals surface area contributed by atoms with Crippen LogP contribution < -0.4 is 5.32 Å². The maximum absolute atomic E-state index is 4.05. The van der Waals surface area contributed by atoms with Crippen molar-refractivity contribution < 1.29 is 0 Å². The molecule has 3 rings (SSSR count). The Morgan fingerprint density at radius 2 is 1.65 bits per heavy atom. The Kier molecular flexibility index (Phi) is 4.77. The topological polar surface area (TPSA) is 12.0 Å². The SMILES string of the molecule is CC1CCCC1NC(c1ccccc1)C1CCCCC1. The first-order valence-electron chi connectivity index (χ1n) is 8.65. The second-order valence-corrected chi connectivity index (χ2v) is 6.97. The van der Waals surface area contributed by atoms with E-state index in [1.807, 2.05) is 0 Å². The van der Waals surface area contributed by atoms with E-state index < -0.39 is 0 Å². The number of nitrogens with one attached hydrogen (secondary N) is 1. The molecular formula is C19H29N. The maximum atomic E-state index is 4.05. The minimum atomic E-state index is 0.585. The summed E-state index contributed by atoms with van der Waals surface area (Å²) in [4.78, 5) is 0. The van der Waals surface area contributed by atoms with Crippen LogP contribution in [0.3, 0.4) is 0 Å². The molecule has 1 heteroatoms. The van der Waals surface area contributed by atoms with E-state index in [9.17, 15) is 0 Å². The zero-order valence-corrected chi connectivity index (χ0v) is 12.9. The van der Waals surface area contributed by atoms with Crippen molar-refractivity contribution in [2.45, 2.75) is 70.4 Å². The Hall–Kier alpha value is -0.820. The lowest BCUT2D eigenvalue weighted by Crippen LogP contribution is -2.38. The van der Waals surface area contributed by atoms with Crippen LogP contribution in [0.2, 0.25) is 0 Å². The number of benzene rings is 1. The van der Waals surface area contributed by atoms with Crippen LogP contribution in [0, 0.1) is 11.8 Å². The lowest BCUT2D eigenvalue weighted by molar-refractivity contribution is 0.240. The van der Waals surface area contributed by atoms with E-state index in [0.29, 0.717) is 6.04 Å². The van der Waals surface area contributed by atoms with E-state index in [1.54, 1.807) is 0 Å². The minimum Gasteiger partial charge on any atom is -0.307 e. The fourth-order valence-corrected chi connectivity index (χ4v) is 4.26. The normalized spacial score (nSPS) is 29.4. The van der Waals surface area contributed by atoms with Crippen LogP contribution in [0.15, 0.2) is 30.3 Å². The first-order valence-corrected chi connectivity index (χ1v) is 8.65. The van der Waals surface area contributed by atoms with Crippen molar-refractivity contribution in [3.63, 3.8) is 0 Å². The van der Waals surface area contributed by atoms with Crippen LogP contribution >= 0.6 is 0 Å². The van der Waals surface area contributed by atoms with Gasteiger partial charge in [-0.1, -0.05) is 62.9 Å². The van der Waals surface area contributed by atoms with Crippen molar-refractivity contribution in [1.29, 1.82) is 0 Å². The summed E-state index contributed by atoms with van der Waals surface area (Å²) in [5, 5.41) is 4.05. The zero-order chi connectivity index (χ0) is 13.8. The molecule has 3 atom stereocenters. The molecule has 3 unspecified atom stereocenters. The summed E-state index contributed by atoms with van der Waals surface area (Å²) in [5.41, 5.74) is 1.51. The summed E-state index contributed by atoms with van der Waals surface area (Å²) >= 11 is 0. The first-order chi connectivity index (χ1) is 9.84. The third kappa shape index (κ3) is 3.25. The Labute approximate surface area is 124 Å². The van der Waals surface area contributed by atoms with Crippen LogP contribution in [-0.2, 0) is 0 Å². The molecule has 0 spiro atoms. The van der Waals surface area contributed by atoms with Gasteiger partial charge in [0.2, 0.25) is 0 Å². The summed E-state index contributed by atoms with van der Waals surface area (Å²) in [7, 11) is 0. The number of hydrogen-bond acceptors (Lipinski definition) is 1. The Bertz CT molecular complexity index is 393. The molecule has 1 aromatic rings. The number of rotatable bonds is 4. The Morgan fingerprint density at radius 3 is 2.30 bits per heavy atom. The third-order valence-corrected chi connectivity index (χ3v) is 5.54. The maximum Gasteiger partial charge on any atom is 0.0351 e. The van der Waals surface area contributed by atoms with Crippen molar-refractivity contribution in [1.82, 2.24) is 5.32 Å². The quantitative estimate of drug-likeness (QED) is 0.804. The molecule has 0 bridgehead atoms. The van der Waals surface area contributed by atoms with Gasteiger partial charge in [0.15, 0.2) is 0 Å². The van der Waals surface area contributed by atoms with Crippen molar-refractivity contribution in [3.05, 3.63) is 35.9 Å². The van der Waals surface area contributed by atoms with Gasteiger partial charge in [0.05, 0.1) is 0 Å². The summed E-state index contributed by atoms with van der Waals surface area (Å²) in [5.74, 6) is 1.70. The molecule has 110 valence electrons. The molecule has 2 aliphatic carbocycles. The van der Waals surface area contributed by atoms with Gasteiger partial charge in [-0.2, -0.15) is 0 Å². The van der Waals surface area contributed by atoms with Crippen molar-refractivity contribution in [2.24, 2.45) is 11.8 Å². The van der Waals surface area contributed by atoms with Crippen LogP contribution in [0.25, 0.3) is 0 Å². The molecule has 0 radical (unpaired) electrons. The van der Waals surface area contributed by atoms with Crippen molar-refractivity contribution in [2.75, 3.05) is 0 Å². The zero-order valence-electron chi connectivity index (χ0n) is 12.9. The summed E-state index contributed by atoms with van der Waals surface area (Å²) in [6.45, 7) is 2.42. The molecule has 1 nitrogen and oxygen atoms in total. The third-order valence-electron chi connectivity index (χ3n) is 5.54. The molecule has 0 aromatic heterocycles. The highest BCUT2D eigenvalue weighted by Gasteiger charge is 2.30. The average Bonchev–Trinajstić information content (AvgIpc) is 2.92. The Balaban J connectivity index is 1.75. The van der Waals surface area contributed by atoms with Gasteiger partial charge >= 0.3 is 0 Å². The predicted molar refractivity (Wildman–Crippen MR) is 85.7 cm³/mol. The van der Waals surface area contributed by atoms with Gasteiger partial charge in [0, 0.05) is 12.1 Å². The highest BCUT2D eigenvalue weighted by molar-refractivity contribution is 5.20. The van der Waals surface area contributed by atoms with E-state index in [1.165, 1.54) is 56.9 Å². The smallest absolute Gasteiger partial charge is 0.0351 e. The summed E-state index contributed by atoms with van der Waals surface area (Å²) < 4.78 is 0. The van der Waals surface area contributed by atoms with Gasteiger partial charge in [0.1, 0.15) is 0 Å². The van der Waals surface area contributed by atoms with Gasteiger partial charge in [0.25, 0.3) is 0 Å². The molecule has 0 heterocycles. The summed E-state index contributed by atoms with van der Waals surface area (Å²) in [6, 6.07) is 12.5. The standard InChI is InChI=1S/C19H29N/c1-15-9-8-14-18(15)20-19(16-10-4-2-5-11-16)17-12-6-3-7-13-17/h2,4-5,10-11,15,17-20H,3,6-9,12-14H2,1H3. The molecule has 2 aliphatic rings. The highest BCUT2D eigenvalue weighted by Crippen LogP contribution is 2.36. The van der Waals surface area contributed by atoms with Gasteiger partial charge in [-0.3, -0.25) is 0 Å². The van der Waals surface area contributed by atoms with E-state index in [2.05, 4.69) is 42.6 Å². The van der Waals surface area contributed by atoms with Gasteiger partial charge < -0.3 is 5.32 Å². The molecule has 0 aliphatic heterocycles. The highest BCUT2D eigenvalue weighted by atomic mass is 15.0. The second-order valence-electron chi connectivity index (χ2n) is 6.97. The monoisotopic (exact) mass is 271 g/mol. The van der Waals surface area contributed by atoms with Crippen LogP contribution in [0.4, 0.5) is 0 Å². The predicted octanol–water partition coefficient (Wildman–Crippen LogP) is 5.09. The molecular weight excluding hydrogens is 242 g/mol. The largest absolute Gasteiger partial charge is 0.307 e. The molecule has 0 saturated heterocycles. The van der Waals surface area contributed by atoms with Crippen LogP contribution in [0.5, 0.6) is 0 Å². The minimum absolute atomic E-state index is 0.585. The molecule has 1 N–H and O–H groups in total. The fourth-order valence-electron chi connectivity index (χ4n) is 4.26. The molecule has 0 amide bonds. The van der Waals surface area contributed by atoms with Crippen LogP contribution in [-0.4, -0.2) is 6.04 Å². The van der Waals surface area contributed by atoms with Gasteiger partial charge in [-0.25, -0.2) is 0 Å². The lowest BCUT2D eigenvalue weighted by Gasteiger charge is -2.34. The van der Waals surface area contributed by atoms with Crippen molar-refractivity contribution in [3.8, 4) is 0 Å². The second kappa shape index (κ2) is 6.76. The van der Waals surface area contributed by atoms with Gasteiger partial charge in [-0.05, 0) is 43.1 Å². The molecule has 1 aromatic carbocycles. The van der Waals surface area contributed by atoms with E-state index in [0.717, 1.165) is 17.9 Å². The van der Waals surface area contributed by atoms with E-state index in [-0.39, 0.29) is 0 Å². The average molecular weight is 271 g/mol. The molecule has 2 saturated carbocycles. The first kappa shape index (κ1) is 14.1. The fraction of sp³-hybridized carbons (Fsp3) is 0.684. The molecule has 20 heavy (non-hydrogen) atoms. The van der Waals surface area contributed by atoms with E-state index in [4.69, 9.17) is 0 Å². The lowest BCUT2D eigenvalue weighted by atomic mass is 9.80. The van der Waals surface area contributed by atoms with E-state index >= 15 is 0 Å². The molecule has 2 fully saturated rings. The van der Waals surface area contributed by atoms with Crippen molar-refractivity contribution >= 4 is 0 Å². The van der Waals surface area contributed by atoms with Gasteiger partial charge in [-0.15, -0.1) is 0 Å². The number of hydrogen-bond donors (Lipinski definition) is 1. The Morgan fingerprint density at radius 1 is 0.900 bits per heavy atom. The van der Waals surface area contributed by atoms with Crippen LogP contribution in [0.1, 0.15) is 69.9 Å².